The molecular formula is C64H106NO8P. The zero-order valence-corrected chi connectivity index (χ0v) is 48.4. The van der Waals surface area contributed by atoms with Crippen LogP contribution in [0.1, 0.15) is 206 Å². The lowest BCUT2D eigenvalue weighted by atomic mass is 10.0. The number of carbonyl (C=O) groups is 2. The number of hydrogen-bond acceptors (Lipinski definition) is 8. The van der Waals surface area contributed by atoms with E-state index in [0.717, 1.165) is 103 Å². The SMILES string of the molecule is CC/C=C\C/C=C\C/C=C\C/C=C\C/C=C\C/C=C\CCCCC(=O)OC(COC(=O)CCCCCCCCCCCCCCC/C=C\C/C=C\C/C=C\C/C=C\C/C=C\CC)COP(=O)([O-])OCC[N+](C)(C)C. The van der Waals surface area contributed by atoms with Crippen LogP contribution < -0.4 is 4.89 Å². The lowest BCUT2D eigenvalue weighted by Gasteiger charge is -2.28. The number of hydrogen-bond donors (Lipinski definition) is 0. The first-order chi connectivity index (χ1) is 36.0. The molecule has 2 unspecified atom stereocenters. The van der Waals surface area contributed by atoms with Crippen LogP contribution in [0, 0.1) is 0 Å². The smallest absolute Gasteiger partial charge is 0.306 e. The molecule has 0 aliphatic heterocycles. The van der Waals surface area contributed by atoms with Crippen molar-refractivity contribution in [1.29, 1.82) is 0 Å². The van der Waals surface area contributed by atoms with Crippen LogP contribution in [0.25, 0.3) is 0 Å². The number of esters is 2. The van der Waals surface area contributed by atoms with Crippen LogP contribution in [0.15, 0.2) is 134 Å². The summed E-state index contributed by atoms with van der Waals surface area (Å²) in [5.74, 6) is -0.894. The van der Waals surface area contributed by atoms with E-state index in [9.17, 15) is 19.0 Å². The Bertz CT molecular complexity index is 1710. The average Bonchev–Trinajstić information content (AvgIpc) is 3.36. The molecule has 0 radical (unpaired) electrons. The first kappa shape index (κ1) is 70.1. The lowest BCUT2D eigenvalue weighted by Crippen LogP contribution is -2.37. The van der Waals surface area contributed by atoms with Crippen molar-refractivity contribution in [3.8, 4) is 0 Å². The van der Waals surface area contributed by atoms with Gasteiger partial charge >= 0.3 is 11.9 Å². The summed E-state index contributed by atoms with van der Waals surface area (Å²) in [6.45, 7) is 3.94. The van der Waals surface area contributed by atoms with E-state index in [1.54, 1.807) is 0 Å². The standard InChI is InChI=1S/C64H106NO8P/c1-6-8-10-12-14-16-18-20-22-24-26-28-29-30-31-32-33-34-35-37-38-40-42-44-46-48-50-52-54-56-63(66)70-60-62(61-72-74(68,69)71-59-58-65(3,4)5)73-64(67)57-55-53-51-49-47-45-43-41-39-36-27-25-23-21-19-17-15-13-11-9-7-2/h8-11,14-17,20-23,26-28,30-31,36,41,43,47,49,62H,6-7,12-13,18-19,24-25,29,32-35,37-40,42,44-46,48,50-61H2,1-5H3/b10-8-,11-9-,16-14-,17-15-,22-20-,23-21-,28-26-,31-30-,36-27-,43-41-,49-47-. The Morgan fingerprint density at radius 2 is 0.730 bits per heavy atom. The summed E-state index contributed by atoms with van der Waals surface area (Å²) in [6, 6.07) is 0. The number of nitrogens with zero attached hydrogens (tertiary/aromatic N) is 1. The molecule has 0 aromatic rings. The number of allylic oxidation sites excluding steroid dienone is 22. The second-order valence-corrected chi connectivity index (χ2v) is 21.3. The molecule has 10 heteroatoms. The molecule has 0 bridgehead atoms. The maximum absolute atomic E-state index is 12.8. The Morgan fingerprint density at radius 3 is 1.11 bits per heavy atom. The minimum Gasteiger partial charge on any atom is -0.756 e. The van der Waals surface area contributed by atoms with Crippen molar-refractivity contribution in [1.82, 2.24) is 0 Å². The quantitative estimate of drug-likeness (QED) is 0.0195. The van der Waals surface area contributed by atoms with Crippen molar-refractivity contribution in [2.75, 3.05) is 47.5 Å². The second kappa shape index (κ2) is 54.0. The Balaban J connectivity index is 4.24. The first-order valence-corrected chi connectivity index (χ1v) is 30.4. The van der Waals surface area contributed by atoms with Gasteiger partial charge in [-0.1, -0.05) is 218 Å². The van der Waals surface area contributed by atoms with Crippen LogP contribution in [-0.4, -0.2) is 70.0 Å². The van der Waals surface area contributed by atoms with Gasteiger partial charge in [-0.2, -0.15) is 0 Å². The van der Waals surface area contributed by atoms with E-state index in [1.807, 2.05) is 21.1 Å². The minimum atomic E-state index is -4.66. The van der Waals surface area contributed by atoms with Gasteiger partial charge < -0.3 is 27.9 Å². The Hall–Kier alpha value is -3.85. The number of phosphoric ester groups is 1. The maximum Gasteiger partial charge on any atom is 0.306 e. The molecule has 0 fully saturated rings. The van der Waals surface area contributed by atoms with Gasteiger partial charge in [0.15, 0.2) is 6.10 Å². The fourth-order valence-electron chi connectivity index (χ4n) is 7.27. The van der Waals surface area contributed by atoms with Crippen molar-refractivity contribution in [2.45, 2.75) is 213 Å². The Labute approximate surface area is 453 Å². The molecule has 0 aliphatic rings. The molecule has 0 N–H and O–H groups in total. The normalized spacial score (nSPS) is 14.3. The molecule has 0 aromatic carbocycles. The van der Waals surface area contributed by atoms with Gasteiger partial charge in [-0.3, -0.25) is 14.2 Å². The molecule has 2 atom stereocenters. The van der Waals surface area contributed by atoms with Gasteiger partial charge in [-0.15, -0.1) is 0 Å². The van der Waals surface area contributed by atoms with Gasteiger partial charge in [-0.25, -0.2) is 0 Å². The number of unbranched alkanes of at least 4 members (excludes halogenated alkanes) is 15. The third-order valence-corrected chi connectivity index (χ3v) is 12.6. The molecule has 0 saturated carbocycles. The van der Waals surface area contributed by atoms with Crippen molar-refractivity contribution >= 4 is 19.8 Å². The van der Waals surface area contributed by atoms with E-state index in [4.69, 9.17) is 18.5 Å². The highest BCUT2D eigenvalue weighted by atomic mass is 31.2. The fourth-order valence-corrected chi connectivity index (χ4v) is 8.00. The Morgan fingerprint density at radius 1 is 0.419 bits per heavy atom. The summed E-state index contributed by atoms with van der Waals surface area (Å²) >= 11 is 0. The van der Waals surface area contributed by atoms with E-state index in [0.29, 0.717) is 23.9 Å². The summed E-state index contributed by atoms with van der Waals surface area (Å²) in [7, 11) is 1.12. The number of rotatable bonds is 51. The van der Waals surface area contributed by atoms with E-state index < -0.39 is 32.5 Å². The van der Waals surface area contributed by atoms with Crippen molar-refractivity contribution in [3.05, 3.63) is 134 Å². The van der Waals surface area contributed by atoms with Gasteiger partial charge in [-0.05, 0) is 109 Å². The highest BCUT2D eigenvalue weighted by Crippen LogP contribution is 2.38. The third kappa shape index (κ3) is 57.4. The van der Waals surface area contributed by atoms with E-state index in [2.05, 4.69) is 148 Å². The van der Waals surface area contributed by atoms with Crippen LogP contribution in [0.2, 0.25) is 0 Å². The number of phosphoric acid groups is 1. The summed E-state index contributed by atoms with van der Waals surface area (Å²) < 4.78 is 34.1. The molecule has 9 nitrogen and oxygen atoms in total. The van der Waals surface area contributed by atoms with Crippen LogP contribution in [-0.2, 0) is 32.7 Å². The lowest BCUT2D eigenvalue weighted by molar-refractivity contribution is -0.870. The van der Waals surface area contributed by atoms with E-state index in [-0.39, 0.29) is 26.1 Å². The number of ether oxygens (including phenoxy) is 2. The molecule has 74 heavy (non-hydrogen) atoms. The second-order valence-electron chi connectivity index (χ2n) is 19.9. The van der Waals surface area contributed by atoms with Gasteiger partial charge in [0, 0.05) is 12.8 Å². The summed E-state index contributed by atoms with van der Waals surface area (Å²) in [4.78, 5) is 37.9. The van der Waals surface area contributed by atoms with Gasteiger partial charge in [0.25, 0.3) is 7.82 Å². The molecule has 0 aromatic heterocycles. The zero-order valence-electron chi connectivity index (χ0n) is 47.5. The summed E-state index contributed by atoms with van der Waals surface area (Å²) in [5.41, 5.74) is 0. The van der Waals surface area contributed by atoms with Crippen LogP contribution in [0.4, 0.5) is 0 Å². The van der Waals surface area contributed by atoms with Crippen molar-refractivity contribution in [2.24, 2.45) is 0 Å². The number of carbonyl (C=O) groups excluding carboxylic acids is 2. The molecular weight excluding hydrogens is 942 g/mol. The highest BCUT2D eigenvalue weighted by molar-refractivity contribution is 7.45. The zero-order chi connectivity index (χ0) is 54.2. The third-order valence-electron chi connectivity index (χ3n) is 11.7. The highest BCUT2D eigenvalue weighted by Gasteiger charge is 2.21. The summed E-state index contributed by atoms with van der Waals surface area (Å²) in [6.07, 6.45) is 77.9. The molecule has 420 valence electrons. The van der Waals surface area contributed by atoms with Crippen molar-refractivity contribution < 1.29 is 42.1 Å². The Kier molecular flexibility index (Phi) is 51.2. The van der Waals surface area contributed by atoms with E-state index >= 15 is 0 Å². The maximum atomic E-state index is 12.8. The predicted molar refractivity (Wildman–Crippen MR) is 314 cm³/mol. The van der Waals surface area contributed by atoms with Crippen molar-refractivity contribution in [3.63, 3.8) is 0 Å². The molecule has 0 heterocycles. The molecule has 0 rings (SSSR count). The van der Waals surface area contributed by atoms with Crippen LogP contribution in [0.3, 0.4) is 0 Å². The monoisotopic (exact) mass is 1050 g/mol. The average molecular weight is 1050 g/mol. The fraction of sp³-hybridized carbons (Fsp3) is 0.625. The number of likely N-dealkylation sites (N-methyl/N-ethyl adjacent to an activating group) is 1. The number of quaternary nitrogens is 1. The molecule has 0 spiro atoms. The van der Waals surface area contributed by atoms with Gasteiger partial charge in [0.1, 0.15) is 19.8 Å². The first-order valence-electron chi connectivity index (χ1n) is 28.9. The predicted octanol–water partition coefficient (Wildman–Crippen LogP) is 17.5. The van der Waals surface area contributed by atoms with E-state index in [1.165, 1.54) is 64.2 Å². The largest absolute Gasteiger partial charge is 0.756 e. The minimum absolute atomic E-state index is 0.0468. The molecule has 0 amide bonds. The van der Waals surface area contributed by atoms with Gasteiger partial charge in [0.05, 0.1) is 27.7 Å². The summed E-state index contributed by atoms with van der Waals surface area (Å²) in [5, 5.41) is 0. The molecule has 0 saturated heterocycles. The van der Waals surface area contributed by atoms with Gasteiger partial charge in [0.2, 0.25) is 0 Å². The van der Waals surface area contributed by atoms with Crippen LogP contribution in [0.5, 0.6) is 0 Å². The topological polar surface area (TPSA) is 111 Å². The molecule has 0 aliphatic carbocycles. The van der Waals surface area contributed by atoms with Crippen LogP contribution >= 0.6 is 7.82 Å².